The molecular weight excluding hydrogens is 462 g/mol. The number of nitrogens with zero attached hydrogens (tertiary/aromatic N) is 4. The lowest BCUT2D eigenvalue weighted by Crippen LogP contribution is -2.49. The van der Waals surface area contributed by atoms with E-state index in [-0.39, 0.29) is 35.1 Å². The second kappa shape index (κ2) is 10.6. The van der Waals surface area contributed by atoms with E-state index in [0.717, 1.165) is 16.1 Å². The van der Waals surface area contributed by atoms with Crippen LogP contribution in [0.1, 0.15) is 16.7 Å². The summed E-state index contributed by atoms with van der Waals surface area (Å²) < 4.78 is 17.3. The molecule has 36 heavy (non-hydrogen) atoms. The zero-order valence-corrected chi connectivity index (χ0v) is 19.6. The summed E-state index contributed by atoms with van der Waals surface area (Å²) in [5.41, 5.74) is 1.74. The van der Waals surface area contributed by atoms with Crippen LogP contribution in [0.4, 0.5) is 0 Å². The molecule has 4 rings (SSSR count). The van der Waals surface area contributed by atoms with E-state index < -0.39 is 17.0 Å². The predicted octanol–water partition coefficient (Wildman–Crippen LogP) is 3.94. The predicted molar refractivity (Wildman–Crippen MR) is 132 cm³/mol. The molecule has 1 atom stereocenters. The van der Waals surface area contributed by atoms with Crippen LogP contribution in [0, 0.1) is 28.4 Å². The first-order valence-electron chi connectivity index (χ1n) is 10.9. The van der Waals surface area contributed by atoms with Gasteiger partial charge in [0.15, 0.2) is 11.5 Å². The van der Waals surface area contributed by atoms with Crippen molar-refractivity contribution in [3.8, 4) is 23.3 Å². The van der Waals surface area contributed by atoms with Crippen LogP contribution in [-0.4, -0.2) is 29.1 Å². The zero-order chi connectivity index (χ0) is 25.7. The molecule has 1 heterocycles. The van der Waals surface area contributed by atoms with Gasteiger partial charge >= 0.3 is 5.70 Å². The van der Waals surface area contributed by atoms with Gasteiger partial charge in [-0.05, 0) is 42.3 Å². The number of methoxy groups -OCH3 is 1. The molecule has 2 N–H and O–H groups in total. The van der Waals surface area contributed by atoms with E-state index in [0.29, 0.717) is 5.75 Å². The first-order chi connectivity index (χ1) is 17.4. The van der Waals surface area contributed by atoms with Gasteiger partial charge in [-0.2, -0.15) is 5.26 Å². The van der Waals surface area contributed by atoms with Gasteiger partial charge in [0.2, 0.25) is 0 Å². The summed E-state index contributed by atoms with van der Waals surface area (Å²) in [6.07, 6.45) is -1.02. The Hall–Kier alpha value is -4.88. The molecule has 3 aromatic carbocycles. The zero-order valence-electron chi connectivity index (χ0n) is 19.6. The van der Waals surface area contributed by atoms with Crippen LogP contribution in [0.15, 0.2) is 89.4 Å². The maximum atomic E-state index is 12.3. The summed E-state index contributed by atoms with van der Waals surface area (Å²) in [7, 11) is 1.42. The fraction of sp³-hybridized carbons (Fsp3) is 0.154. The molecule has 0 amide bonds. The summed E-state index contributed by atoms with van der Waals surface area (Å²) in [5, 5.41) is 22.5. The SMILES string of the molecule is COc1ccc(C#N)cc1OC1=C([N+](=O)[O-])C(Cc2ccccc2)=NC(Oc2cccc(C)c2)N1N. The van der Waals surface area contributed by atoms with Gasteiger partial charge in [0, 0.05) is 12.5 Å². The molecule has 0 bridgehead atoms. The number of hydrogen-bond acceptors (Lipinski definition) is 9. The second-order valence-electron chi connectivity index (χ2n) is 7.90. The average molecular weight is 486 g/mol. The number of rotatable bonds is 8. The van der Waals surface area contributed by atoms with Crippen molar-refractivity contribution >= 4 is 5.71 Å². The van der Waals surface area contributed by atoms with E-state index in [1.165, 1.54) is 19.2 Å². The number of hydrogen-bond donors (Lipinski definition) is 1. The van der Waals surface area contributed by atoms with E-state index in [4.69, 9.17) is 20.1 Å². The maximum Gasteiger partial charge on any atom is 0.352 e. The monoisotopic (exact) mass is 485 g/mol. The summed E-state index contributed by atoms with van der Waals surface area (Å²) in [6.45, 7) is 1.91. The molecular formula is C26H23N5O5. The highest BCUT2D eigenvalue weighted by molar-refractivity contribution is 6.00. The maximum absolute atomic E-state index is 12.3. The molecule has 0 fully saturated rings. The Balaban J connectivity index is 1.81. The van der Waals surface area contributed by atoms with Crippen LogP contribution in [0.3, 0.4) is 0 Å². The highest BCUT2D eigenvalue weighted by Crippen LogP contribution is 2.33. The lowest BCUT2D eigenvalue weighted by Gasteiger charge is -2.31. The Morgan fingerprint density at radius 1 is 1.11 bits per heavy atom. The van der Waals surface area contributed by atoms with Crippen molar-refractivity contribution in [2.24, 2.45) is 10.8 Å². The number of benzene rings is 3. The minimum absolute atomic E-state index is 0.0802. The van der Waals surface area contributed by atoms with Crippen molar-refractivity contribution in [3.63, 3.8) is 0 Å². The van der Waals surface area contributed by atoms with Gasteiger partial charge in [0.1, 0.15) is 11.5 Å². The van der Waals surface area contributed by atoms with Crippen molar-refractivity contribution in [1.82, 2.24) is 5.01 Å². The quantitative estimate of drug-likeness (QED) is 0.288. The number of hydrazine groups is 1. The molecule has 10 heteroatoms. The summed E-state index contributed by atoms with van der Waals surface area (Å²) >= 11 is 0. The Kier molecular flexibility index (Phi) is 7.13. The van der Waals surface area contributed by atoms with Crippen LogP contribution in [0.25, 0.3) is 0 Å². The van der Waals surface area contributed by atoms with Gasteiger partial charge in [-0.1, -0.05) is 42.5 Å². The Morgan fingerprint density at radius 3 is 2.56 bits per heavy atom. The molecule has 10 nitrogen and oxygen atoms in total. The molecule has 1 aliphatic heterocycles. The van der Waals surface area contributed by atoms with Gasteiger partial charge in [-0.3, -0.25) is 10.1 Å². The largest absolute Gasteiger partial charge is 0.493 e. The number of nitriles is 1. The van der Waals surface area contributed by atoms with E-state index >= 15 is 0 Å². The van der Waals surface area contributed by atoms with Crippen LogP contribution >= 0.6 is 0 Å². The number of nitrogens with two attached hydrogens (primary N) is 1. The Labute approximate surface area is 207 Å². The first kappa shape index (κ1) is 24.3. The molecule has 0 radical (unpaired) electrons. The van der Waals surface area contributed by atoms with Gasteiger partial charge in [-0.25, -0.2) is 15.8 Å². The van der Waals surface area contributed by atoms with Gasteiger partial charge < -0.3 is 14.2 Å². The number of nitro groups is 1. The fourth-order valence-corrected chi connectivity index (χ4v) is 3.63. The molecule has 182 valence electrons. The third-order valence-corrected chi connectivity index (χ3v) is 5.34. The van der Waals surface area contributed by atoms with Crippen molar-refractivity contribution in [2.45, 2.75) is 19.7 Å². The first-order valence-corrected chi connectivity index (χ1v) is 10.9. The molecule has 1 aliphatic rings. The lowest BCUT2D eigenvalue weighted by molar-refractivity contribution is -0.420. The Morgan fingerprint density at radius 2 is 1.89 bits per heavy atom. The van der Waals surface area contributed by atoms with Crippen molar-refractivity contribution in [1.29, 1.82) is 5.26 Å². The molecule has 0 spiro atoms. The molecule has 0 saturated carbocycles. The molecule has 0 aromatic heterocycles. The Bertz CT molecular complexity index is 1380. The van der Waals surface area contributed by atoms with Crippen LogP contribution in [0.5, 0.6) is 17.2 Å². The summed E-state index contributed by atoms with van der Waals surface area (Å²) in [4.78, 5) is 16.2. The molecule has 0 aliphatic carbocycles. The second-order valence-corrected chi connectivity index (χ2v) is 7.90. The number of aryl methyl sites for hydroxylation is 1. The van der Waals surface area contributed by atoms with E-state index in [9.17, 15) is 15.4 Å². The van der Waals surface area contributed by atoms with Crippen molar-refractivity contribution in [2.75, 3.05) is 7.11 Å². The minimum Gasteiger partial charge on any atom is -0.493 e. The number of aliphatic imine (C=N–C) groups is 1. The molecule has 3 aromatic rings. The normalized spacial score (nSPS) is 15.1. The third-order valence-electron chi connectivity index (χ3n) is 5.34. The topological polar surface area (TPSA) is 136 Å². The van der Waals surface area contributed by atoms with Gasteiger partial charge in [0.05, 0.1) is 23.7 Å². The van der Waals surface area contributed by atoms with Crippen molar-refractivity contribution in [3.05, 3.63) is 111 Å². The molecule has 1 unspecified atom stereocenters. The highest BCUT2D eigenvalue weighted by Gasteiger charge is 2.40. The van der Waals surface area contributed by atoms with E-state index in [2.05, 4.69) is 4.99 Å². The number of ether oxygens (including phenoxy) is 3. The lowest BCUT2D eigenvalue weighted by atomic mass is 10.1. The van der Waals surface area contributed by atoms with Crippen LogP contribution < -0.4 is 20.1 Å². The number of allylic oxidation sites excluding steroid dienone is 1. The standard InChI is InChI=1S/C26H23N5O5/c1-17-7-6-10-20(13-17)35-26-29-21(14-18-8-4-3-5-9-18)24(31(32)33)25(30(26)28)36-23-15-19(16-27)11-12-22(23)34-2/h3-13,15,26H,14,28H2,1-2H3. The molecule has 0 saturated heterocycles. The van der Waals surface area contributed by atoms with Crippen LogP contribution in [-0.2, 0) is 6.42 Å². The van der Waals surface area contributed by atoms with Gasteiger partial charge in [0.25, 0.3) is 12.2 Å². The third kappa shape index (κ3) is 5.27. The van der Waals surface area contributed by atoms with Crippen LogP contribution in [0.2, 0.25) is 0 Å². The smallest absolute Gasteiger partial charge is 0.352 e. The van der Waals surface area contributed by atoms with Gasteiger partial charge in [-0.15, -0.1) is 0 Å². The fourth-order valence-electron chi connectivity index (χ4n) is 3.63. The summed E-state index contributed by atoms with van der Waals surface area (Å²) in [6, 6.07) is 23.0. The minimum atomic E-state index is -1.16. The average Bonchev–Trinajstić information content (AvgIpc) is 2.87. The van der Waals surface area contributed by atoms with Crippen molar-refractivity contribution < 1.29 is 19.1 Å². The van der Waals surface area contributed by atoms with E-state index in [1.807, 2.05) is 55.5 Å². The highest BCUT2D eigenvalue weighted by atomic mass is 16.6. The summed E-state index contributed by atoms with van der Waals surface area (Å²) in [5.74, 6) is 6.83. The van der Waals surface area contributed by atoms with E-state index in [1.54, 1.807) is 18.2 Å².